The summed E-state index contributed by atoms with van der Waals surface area (Å²) in [4.78, 5) is 26.5. The van der Waals surface area contributed by atoms with Crippen molar-refractivity contribution in [2.75, 3.05) is 0 Å². The van der Waals surface area contributed by atoms with Crippen molar-refractivity contribution in [3.05, 3.63) is 29.6 Å². The highest BCUT2D eigenvalue weighted by molar-refractivity contribution is 5.96. The Bertz CT molecular complexity index is 467. The van der Waals surface area contributed by atoms with Crippen molar-refractivity contribution in [1.29, 1.82) is 0 Å². The maximum Gasteiger partial charge on any atom is 0.335 e. The molecule has 0 spiro atoms. The van der Waals surface area contributed by atoms with Crippen molar-refractivity contribution < 1.29 is 14.7 Å². The van der Waals surface area contributed by atoms with E-state index in [1.54, 1.807) is 0 Å². The predicted octanol–water partition coefficient (Wildman–Crippen LogP) is 1.45. The second kappa shape index (κ2) is 4.16. The normalized spacial score (nSPS) is 17.0. The maximum absolute atomic E-state index is 11.9. The zero-order valence-electron chi connectivity index (χ0n) is 9.56. The van der Waals surface area contributed by atoms with Crippen LogP contribution in [0.3, 0.4) is 0 Å². The van der Waals surface area contributed by atoms with Crippen molar-refractivity contribution >= 4 is 11.9 Å². The summed E-state index contributed by atoms with van der Waals surface area (Å²) in [5.41, 5.74) is 0.0692. The van der Waals surface area contributed by atoms with Crippen LogP contribution in [0.1, 0.15) is 47.0 Å². The summed E-state index contributed by atoms with van der Waals surface area (Å²) in [5, 5.41) is 11.7. The van der Waals surface area contributed by atoms with Crippen LogP contribution in [0.25, 0.3) is 0 Å². The zero-order valence-corrected chi connectivity index (χ0v) is 9.56. The molecule has 1 aliphatic carbocycles. The van der Waals surface area contributed by atoms with Gasteiger partial charge in [0.15, 0.2) is 0 Å². The van der Waals surface area contributed by atoms with Gasteiger partial charge in [-0.1, -0.05) is 0 Å². The molecule has 2 N–H and O–H groups in total. The molecule has 1 aromatic heterocycles. The average molecular weight is 234 g/mol. The number of carboxylic acid groups (broad SMARTS) is 1. The van der Waals surface area contributed by atoms with Gasteiger partial charge in [0.05, 0.1) is 5.56 Å². The molecule has 1 amide bonds. The van der Waals surface area contributed by atoms with Crippen LogP contribution in [0.5, 0.6) is 0 Å². The second-order valence-corrected chi connectivity index (χ2v) is 4.60. The molecule has 1 fully saturated rings. The summed E-state index contributed by atoms with van der Waals surface area (Å²) >= 11 is 0. The van der Waals surface area contributed by atoms with E-state index in [4.69, 9.17) is 5.11 Å². The van der Waals surface area contributed by atoms with Crippen LogP contribution in [-0.4, -0.2) is 27.5 Å². The number of aromatic nitrogens is 1. The van der Waals surface area contributed by atoms with E-state index >= 15 is 0 Å². The summed E-state index contributed by atoms with van der Waals surface area (Å²) in [6.45, 7) is 1.98. The number of rotatable bonds is 3. The molecular weight excluding hydrogens is 220 g/mol. The number of hydrogen-bond donors (Lipinski definition) is 2. The van der Waals surface area contributed by atoms with Gasteiger partial charge in [0.25, 0.3) is 5.91 Å². The summed E-state index contributed by atoms with van der Waals surface area (Å²) in [5.74, 6) is -1.37. The fourth-order valence-electron chi connectivity index (χ4n) is 1.86. The van der Waals surface area contributed by atoms with Crippen LogP contribution in [0, 0.1) is 0 Å². The maximum atomic E-state index is 11.9. The lowest BCUT2D eigenvalue weighted by atomic mass is 9.78. The smallest absolute Gasteiger partial charge is 0.335 e. The van der Waals surface area contributed by atoms with Gasteiger partial charge >= 0.3 is 5.97 Å². The summed E-state index contributed by atoms with van der Waals surface area (Å²) in [6, 6.07) is 2.66. The van der Waals surface area contributed by atoms with Crippen molar-refractivity contribution in [2.45, 2.75) is 31.7 Å². The molecule has 1 heterocycles. The van der Waals surface area contributed by atoms with Crippen LogP contribution in [0.2, 0.25) is 0 Å². The zero-order chi connectivity index (χ0) is 12.5. The van der Waals surface area contributed by atoms with Crippen LogP contribution in [-0.2, 0) is 0 Å². The quantitative estimate of drug-likeness (QED) is 0.829. The number of carbonyl (C=O) groups excluding carboxylic acids is 1. The first-order chi connectivity index (χ1) is 8.00. The SMILES string of the molecule is CC1(NC(=O)c2cc(C(=O)O)ccn2)CCC1. The van der Waals surface area contributed by atoms with Gasteiger partial charge in [0.1, 0.15) is 5.69 Å². The first-order valence-electron chi connectivity index (χ1n) is 5.52. The van der Waals surface area contributed by atoms with E-state index in [2.05, 4.69) is 10.3 Å². The molecule has 17 heavy (non-hydrogen) atoms. The van der Waals surface area contributed by atoms with E-state index in [0.29, 0.717) is 0 Å². The molecule has 5 heteroatoms. The van der Waals surface area contributed by atoms with Crippen LogP contribution < -0.4 is 5.32 Å². The van der Waals surface area contributed by atoms with E-state index in [0.717, 1.165) is 19.3 Å². The van der Waals surface area contributed by atoms with Crippen molar-refractivity contribution in [3.63, 3.8) is 0 Å². The molecule has 1 aromatic rings. The molecule has 0 aliphatic heterocycles. The molecule has 5 nitrogen and oxygen atoms in total. The summed E-state index contributed by atoms with van der Waals surface area (Å²) < 4.78 is 0. The lowest BCUT2D eigenvalue weighted by molar-refractivity contribution is 0.0696. The molecule has 0 radical (unpaired) electrons. The summed E-state index contributed by atoms with van der Waals surface area (Å²) in [6.07, 6.45) is 4.36. The molecule has 0 saturated heterocycles. The lowest BCUT2D eigenvalue weighted by Gasteiger charge is -2.39. The third kappa shape index (κ3) is 2.43. The molecule has 2 rings (SSSR count). The van der Waals surface area contributed by atoms with E-state index in [9.17, 15) is 9.59 Å². The number of carbonyl (C=O) groups is 2. The second-order valence-electron chi connectivity index (χ2n) is 4.60. The summed E-state index contributed by atoms with van der Waals surface area (Å²) in [7, 11) is 0. The van der Waals surface area contributed by atoms with Gasteiger partial charge in [-0.3, -0.25) is 9.78 Å². The Morgan fingerprint density at radius 1 is 1.47 bits per heavy atom. The molecule has 1 aliphatic rings. The van der Waals surface area contributed by atoms with Crippen molar-refractivity contribution in [2.24, 2.45) is 0 Å². The lowest BCUT2D eigenvalue weighted by Crippen LogP contribution is -2.51. The average Bonchev–Trinajstić information content (AvgIpc) is 2.27. The van der Waals surface area contributed by atoms with Gasteiger partial charge in [-0.05, 0) is 38.3 Å². The Hall–Kier alpha value is -1.91. The van der Waals surface area contributed by atoms with Crippen molar-refractivity contribution in [3.8, 4) is 0 Å². The minimum absolute atomic E-state index is 0.0731. The number of nitrogens with zero attached hydrogens (tertiary/aromatic N) is 1. The number of hydrogen-bond acceptors (Lipinski definition) is 3. The Labute approximate surface area is 98.9 Å². The van der Waals surface area contributed by atoms with Gasteiger partial charge < -0.3 is 10.4 Å². The van der Waals surface area contributed by atoms with E-state index < -0.39 is 5.97 Å². The Balaban J connectivity index is 2.13. The highest BCUT2D eigenvalue weighted by Gasteiger charge is 2.33. The van der Waals surface area contributed by atoms with Gasteiger partial charge in [-0.15, -0.1) is 0 Å². The number of amides is 1. The Morgan fingerprint density at radius 2 is 2.18 bits per heavy atom. The topological polar surface area (TPSA) is 79.3 Å². The van der Waals surface area contributed by atoms with Gasteiger partial charge in [0, 0.05) is 11.7 Å². The molecule has 0 aromatic carbocycles. The predicted molar refractivity (Wildman–Crippen MR) is 60.9 cm³/mol. The van der Waals surface area contributed by atoms with Crippen LogP contribution in [0.4, 0.5) is 0 Å². The fourth-order valence-corrected chi connectivity index (χ4v) is 1.86. The highest BCUT2D eigenvalue weighted by Crippen LogP contribution is 2.31. The molecule has 0 unspecified atom stereocenters. The number of nitrogens with one attached hydrogen (secondary N) is 1. The Kier molecular flexibility index (Phi) is 2.83. The van der Waals surface area contributed by atoms with Gasteiger partial charge in [0.2, 0.25) is 0 Å². The molecule has 1 saturated carbocycles. The van der Waals surface area contributed by atoms with E-state index in [1.165, 1.54) is 18.3 Å². The van der Waals surface area contributed by atoms with E-state index in [1.807, 2.05) is 6.92 Å². The minimum Gasteiger partial charge on any atom is -0.478 e. The third-order valence-electron chi connectivity index (χ3n) is 3.11. The van der Waals surface area contributed by atoms with Gasteiger partial charge in [-0.2, -0.15) is 0 Å². The van der Waals surface area contributed by atoms with Crippen molar-refractivity contribution in [1.82, 2.24) is 10.3 Å². The molecule has 0 bridgehead atoms. The van der Waals surface area contributed by atoms with Gasteiger partial charge in [-0.25, -0.2) is 4.79 Å². The van der Waals surface area contributed by atoms with Crippen LogP contribution in [0.15, 0.2) is 18.3 Å². The number of pyridine rings is 1. The number of carboxylic acids is 1. The fraction of sp³-hybridized carbons (Fsp3) is 0.417. The first-order valence-corrected chi connectivity index (χ1v) is 5.52. The molecule has 90 valence electrons. The number of aromatic carboxylic acids is 1. The minimum atomic E-state index is -1.06. The monoisotopic (exact) mass is 234 g/mol. The standard InChI is InChI=1S/C12H14N2O3/c1-12(4-2-5-12)14-10(15)9-7-8(11(16)17)3-6-13-9/h3,6-7H,2,4-5H2,1H3,(H,14,15)(H,16,17). The van der Waals surface area contributed by atoms with Crippen LogP contribution >= 0.6 is 0 Å². The van der Waals surface area contributed by atoms with E-state index in [-0.39, 0.29) is 22.7 Å². The third-order valence-corrected chi connectivity index (χ3v) is 3.11. The first kappa shape index (κ1) is 11.6. The Morgan fingerprint density at radius 3 is 2.71 bits per heavy atom. The largest absolute Gasteiger partial charge is 0.478 e. The molecular formula is C12H14N2O3. The highest BCUT2D eigenvalue weighted by atomic mass is 16.4. The molecule has 0 atom stereocenters.